The fraction of sp³-hybridized carbons (Fsp3) is 0.462. The standard InChI is InChI=1S/C13H17BrO/c1-13(2,3)8-10-4-6-11(7-5-10)12(15)9-14/h4-7H,8-9H2,1-3H3. The number of benzene rings is 1. The molecule has 0 saturated carbocycles. The van der Waals surface area contributed by atoms with E-state index >= 15 is 0 Å². The second-order valence-corrected chi connectivity index (χ2v) is 5.55. The van der Waals surface area contributed by atoms with Crippen molar-refractivity contribution in [2.75, 3.05) is 5.33 Å². The van der Waals surface area contributed by atoms with E-state index in [0.717, 1.165) is 12.0 Å². The molecule has 15 heavy (non-hydrogen) atoms. The predicted molar refractivity (Wildman–Crippen MR) is 67.7 cm³/mol. The van der Waals surface area contributed by atoms with Crippen LogP contribution >= 0.6 is 15.9 Å². The third-order valence-corrected chi connectivity index (χ3v) is 2.64. The number of alkyl halides is 1. The monoisotopic (exact) mass is 268 g/mol. The Balaban J connectivity index is 2.77. The number of hydrogen-bond acceptors (Lipinski definition) is 1. The van der Waals surface area contributed by atoms with Crippen LogP contribution in [0.3, 0.4) is 0 Å². The van der Waals surface area contributed by atoms with E-state index < -0.39 is 0 Å². The Bertz CT molecular complexity index is 333. The number of hydrogen-bond donors (Lipinski definition) is 0. The van der Waals surface area contributed by atoms with Gasteiger partial charge in [-0.15, -0.1) is 0 Å². The van der Waals surface area contributed by atoms with Gasteiger partial charge < -0.3 is 0 Å². The maximum Gasteiger partial charge on any atom is 0.173 e. The van der Waals surface area contributed by atoms with Gasteiger partial charge in [-0.25, -0.2) is 0 Å². The molecule has 0 N–H and O–H groups in total. The average molecular weight is 269 g/mol. The first-order valence-electron chi connectivity index (χ1n) is 5.10. The van der Waals surface area contributed by atoms with Crippen LogP contribution in [0.5, 0.6) is 0 Å². The number of rotatable bonds is 3. The van der Waals surface area contributed by atoms with Gasteiger partial charge in [0.2, 0.25) is 0 Å². The summed E-state index contributed by atoms with van der Waals surface area (Å²) in [5.74, 6) is 0.136. The van der Waals surface area contributed by atoms with Crippen LogP contribution in [0, 0.1) is 5.41 Å². The zero-order valence-electron chi connectivity index (χ0n) is 9.51. The summed E-state index contributed by atoms with van der Waals surface area (Å²) in [6, 6.07) is 7.90. The molecule has 1 rings (SSSR count). The number of ketones is 1. The molecule has 0 amide bonds. The highest BCUT2D eigenvalue weighted by Gasteiger charge is 2.11. The smallest absolute Gasteiger partial charge is 0.173 e. The second kappa shape index (κ2) is 4.93. The van der Waals surface area contributed by atoms with Crippen molar-refractivity contribution in [2.45, 2.75) is 27.2 Å². The molecule has 0 aromatic heterocycles. The maximum absolute atomic E-state index is 11.4. The van der Waals surface area contributed by atoms with E-state index in [2.05, 4.69) is 36.7 Å². The van der Waals surface area contributed by atoms with Crippen LogP contribution in [0.2, 0.25) is 0 Å². The molecule has 1 aromatic carbocycles. The quantitative estimate of drug-likeness (QED) is 0.601. The van der Waals surface area contributed by atoms with Crippen LogP contribution in [0.4, 0.5) is 0 Å². The van der Waals surface area contributed by atoms with Crippen molar-refractivity contribution in [1.82, 2.24) is 0 Å². The SMILES string of the molecule is CC(C)(C)Cc1ccc(C(=O)CBr)cc1. The second-order valence-electron chi connectivity index (χ2n) is 4.99. The van der Waals surface area contributed by atoms with Crippen molar-refractivity contribution < 1.29 is 4.79 Å². The fourth-order valence-corrected chi connectivity index (χ4v) is 1.82. The minimum atomic E-state index is 0.136. The first-order valence-corrected chi connectivity index (χ1v) is 6.22. The molecular weight excluding hydrogens is 252 g/mol. The maximum atomic E-state index is 11.4. The third-order valence-electron chi connectivity index (χ3n) is 2.13. The van der Waals surface area contributed by atoms with Crippen molar-refractivity contribution >= 4 is 21.7 Å². The molecule has 0 aliphatic rings. The van der Waals surface area contributed by atoms with Gasteiger partial charge in [-0.3, -0.25) is 4.79 Å². The molecule has 2 heteroatoms. The largest absolute Gasteiger partial charge is 0.293 e. The summed E-state index contributed by atoms with van der Waals surface area (Å²) < 4.78 is 0. The number of carbonyl (C=O) groups excluding carboxylic acids is 1. The molecule has 82 valence electrons. The van der Waals surface area contributed by atoms with Crippen molar-refractivity contribution in [3.05, 3.63) is 35.4 Å². The van der Waals surface area contributed by atoms with E-state index in [9.17, 15) is 4.79 Å². The van der Waals surface area contributed by atoms with E-state index in [-0.39, 0.29) is 5.78 Å². The summed E-state index contributed by atoms with van der Waals surface area (Å²) >= 11 is 3.17. The zero-order chi connectivity index (χ0) is 11.5. The van der Waals surface area contributed by atoms with Gasteiger partial charge in [0.25, 0.3) is 0 Å². The van der Waals surface area contributed by atoms with Gasteiger partial charge in [0.15, 0.2) is 5.78 Å². The molecule has 0 heterocycles. The lowest BCUT2D eigenvalue weighted by Gasteiger charge is -2.18. The van der Waals surface area contributed by atoms with Crippen LogP contribution in [0.25, 0.3) is 0 Å². The van der Waals surface area contributed by atoms with Gasteiger partial charge in [-0.05, 0) is 17.4 Å². The van der Waals surface area contributed by atoms with Gasteiger partial charge in [0.05, 0.1) is 5.33 Å². The van der Waals surface area contributed by atoms with Crippen LogP contribution in [0.15, 0.2) is 24.3 Å². The Morgan fingerprint density at radius 2 is 1.73 bits per heavy atom. The number of Topliss-reactive ketones (excluding diaryl/α,β-unsaturated/α-hetero) is 1. The lowest BCUT2D eigenvalue weighted by molar-refractivity contribution is 0.102. The zero-order valence-corrected chi connectivity index (χ0v) is 11.1. The average Bonchev–Trinajstić information content (AvgIpc) is 2.15. The van der Waals surface area contributed by atoms with Crippen LogP contribution < -0.4 is 0 Å². The summed E-state index contributed by atoms with van der Waals surface area (Å²) in [7, 11) is 0. The van der Waals surface area contributed by atoms with E-state index in [4.69, 9.17) is 0 Å². The Kier molecular flexibility index (Phi) is 4.09. The molecule has 0 bridgehead atoms. The summed E-state index contributed by atoms with van der Waals surface area (Å²) in [5, 5.41) is 0.394. The normalized spacial score (nSPS) is 11.5. The van der Waals surface area contributed by atoms with Crippen molar-refractivity contribution in [3.63, 3.8) is 0 Å². The Hall–Kier alpha value is -0.630. The summed E-state index contributed by atoms with van der Waals surface area (Å²) in [6.07, 6.45) is 1.04. The summed E-state index contributed by atoms with van der Waals surface area (Å²) in [5.41, 5.74) is 2.36. The highest BCUT2D eigenvalue weighted by molar-refractivity contribution is 9.09. The third kappa shape index (κ3) is 4.17. The number of halogens is 1. The van der Waals surface area contributed by atoms with Crippen molar-refractivity contribution in [2.24, 2.45) is 5.41 Å². The molecular formula is C13H17BrO. The fourth-order valence-electron chi connectivity index (χ4n) is 1.50. The van der Waals surface area contributed by atoms with E-state index in [1.807, 2.05) is 24.3 Å². The lowest BCUT2D eigenvalue weighted by atomic mass is 9.88. The molecule has 0 saturated heterocycles. The van der Waals surface area contributed by atoms with E-state index in [1.54, 1.807) is 0 Å². The minimum absolute atomic E-state index is 0.136. The molecule has 0 radical (unpaired) electrons. The highest BCUT2D eigenvalue weighted by atomic mass is 79.9. The van der Waals surface area contributed by atoms with Gasteiger partial charge in [0.1, 0.15) is 0 Å². The highest BCUT2D eigenvalue weighted by Crippen LogP contribution is 2.20. The van der Waals surface area contributed by atoms with E-state index in [0.29, 0.717) is 10.7 Å². The van der Waals surface area contributed by atoms with Gasteiger partial charge >= 0.3 is 0 Å². The predicted octanol–water partition coefficient (Wildman–Crippen LogP) is 3.85. The molecule has 0 aliphatic heterocycles. The molecule has 0 spiro atoms. The Morgan fingerprint density at radius 1 is 1.20 bits per heavy atom. The topological polar surface area (TPSA) is 17.1 Å². The van der Waals surface area contributed by atoms with Gasteiger partial charge in [0, 0.05) is 5.56 Å². The Morgan fingerprint density at radius 3 is 2.13 bits per heavy atom. The van der Waals surface area contributed by atoms with Crippen molar-refractivity contribution in [3.8, 4) is 0 Å². The Labute approximate surface area is 100 Å². The van der Waals surface area contributed by atoms with Crippen LogP contribution in [0.1, 0.15) is 36.7 Å². The van der Waals surface area contributed by atoms with Crippen LogP contribution in [-0.2, 0) is 6.42 Å². The number of carbonyl (C=O) groups is 1. The summed E-state index contributed by atoms with van der Waals surface area (Å²) in [6.45, 7) is 6.64. The molecule has 1 aromatic rings. The molecule has 0 unspecified atom stereocenters. The molecule has 0 fully saturated rings. The lowest BCUT2D eigenvalue weighted by Crippen LogP contribution is -2.09. The molecule has 0 atom stereocenters. The van der Waals surface area contributed by atoms with Gasteiger partial charge in [-0.2, -0.15) is 0 Å². The first-order chi connectivity index (χ1) is 6.92. The molecule has 1 nitrogen and oxygen atoms in total. The van der Waals surface area contributed by atoms with E-state index in [1.165, 1.54) is 5.56 Å². The molecule has 0 aliphatic carbocycles. The van der Waals surface area contributed by atoms with Gasteiger partial charge in [-0.1, -0.05) is 61.0 Å². The minimum Gasteiger partial charge on any atom is -0.293 e. The first kappa shape index (κ1) is 12.4. The summed E-state index contributed by atoms with van der Waals surface area (Å²) in [4.78, 5) is 11.4. The van der Waals surface area contributed by atoms with Crippen LogP contribution in [-0.4, -0.2) is 11.1 Å². The van der Waals surface area contributed by atoms with Crippen molar-refractivity contribution in [1.29, 1.82) is 0 Å².